The maximum Gasteiger partial charge on any atom is 0.335 e. The second-order valence-corrected chi connectivity index (χ2v) is 22.2. The van der Waals surface area contributed by atoms with E-state index in [4.69, 9.17) is 10.8 Å². The molecular formula is C65H79N5O6S. The summed E-state index contributed by atoms with van der Waals surface area (Å²) >= 11 is 1.51. The van der Waals surface area contributed by atoms with E-state index in [1.807, 2.05) is 109 Å². The smallest absolute Gasteiger partial charge is 0.335 e. The number of benzene rings is 7. The third-order valence-electron chi connectivity index (χ3n) is 12.8. The SMILES string of the molecule is C=Cc1ccc(CC(C)(C)NCC(O)CN(C)C)cc1C=C.CN(CC(O)CNC(C)(C)Cc1ccc2ccccc2c1)Sc1ccccc1-c1cc(N)cc(C(=O)O)c1.O=Cc1ccccc1-c1cccc(CCO)c1. The number of rotatable bonds is 24. The maximum absolute atomic E-state index is 11.5. The highest BCUT2D eigenvalue weighted by Gasteiger charge is 2.22. The summed E-state index contributed by atoms with van der Waals surface area (Å²) in [6.07, 6.45) is 6.03. The third kappa shape index (κ3) is 20.0. The first-order chi connectivity index (χ1) is 36.7. The topological polar surface area (TPSA) is 172 Å². The lowest BCUT2D eigenvalue weighted by Gasteiger charge is -2.29. The van der Waals surface area contributed by atoms with E-state index in [0.717, 1.165) is 63.0 Å². The number of hydrogen-bond acceptors (Lipinski definition) is 11. The van der Waals surface area contributed by atoms with Gasteiger partial charge in [0.25, 0.3) is 0 Å². The van der Waals surface area contributed by atoms with Crippen LogP contribution >= 0.6 is 11.9 Å². The highest BCUT2D eigenvalue weighted by molar-refractivity contribution is 7.97. The number of nitrogen functional groups attached to an aromatic ring is 1. The molecule has 12 heteroatoms. The zero-order valence-corrected chi connectivity index (χ0v) is 46.7. The molecule has 7 aromatic rings. The van der Waals surface area contributed by atoms with Crippen LogP contribution in [0.3, 0.4) is 0 Å². The van der Waals surface area contributed by atoms with E-state index in [0.29, 0.717) is 43.9 Å². The number of carbonyl (C=O) groups is 2. The molecule has 0 aliphatic carbocycles. The number of hydrogen-bond donors (Lipinski definition) is 7. The molecule has 0 radical (unpaired) electrons. The van der Waals surface area contributed by atoms with Crippen molar-refractivity contribution in [1.29, 1.82) is 0 Å². The van der Waals surface area contributed by atoms with Gasteiger partial charge in [-0.1, -0.05) is 153 Å². The summed E-state index contributed by atoms with van der Waals surface area (Å²) in [6.45, 7) is 18.6. The van der Waals surface area contributed by atoms with Crippen molar-refractivity contribution in [3.05, 3.63) is 204 Å². The van der Waals surface area contributed by atoms with Crippen molar-refractivity contribution in [3.8, 4) is 22.3 Å². The van der Waals surface area contributed by atoms with Gasteiger partial charge in [0.15, 0.2) is 6.29 Å². The van der Waals surface area contributed by atoms with Crippen molar-refractivity contribution in [2.45, 2.75) is 75.1 Å². The number of carboxylic acids is 1. The monoisotopic (exact) mass is 1060 g/mol. The minimum Gasteiger partial charge on any atom is -0.478 e. The molecule has 0 saturated heterocycles. The fourth-order valence-corrected chi connectivity index (χ4v) is 10.0. The predicted molar refractivity (Wildman–Crippen MR) is 323 cm³/mol. The zero-order valence-electron chi connectivity index (χ0n) is 45.9. The van der Waals surface area contributed by atoms with Crippen LogP contribution in [0.1, 0.15) is 76.2 Å². The molecule has 0 fully saturated rings. The summed E-state index contributed by atoms with van der Waals surface area (Å²) in [5.41, 5.74) is 16.3. The van der Waals surface area contributed by atoms with Gasteiger partial charge in [-0.3, -0.25) is 4.79 Å². The van der Waals surface area contributed by atoms with E-state index in [1.54, 1.807) is 18.2 Å². The number of nitrogens with two attached hydrogens (primary N) is 1. The lowest BCUT2D eigenvalue weighted by molar-refractivity contribution is 0.0696. The van der Waals surface area contributed by atoms with Crippen LogP contribution < -0.4 is 16.4 Å². The summed E-state index contributed by atoms with van der Waals surface area (Å²) in [5, 5.41) is 48.6. The van der Waals surface area contributed by atoms with Crippen LogP contribution in [0.15, 0.2) is 170 Å². The number of aliphatic hydroxyl groups is 3. The molecule has 406 valence electrons. The number of fused-ring (bicyclic) bond motifs is 1. The Morgan fingerprint density at radius 1 is 0.636 bits per heavy atom. The number of nitrogens with one attached hydrogen (secondary N) is 2. The number of carbonyl (C=O) groups excluding carboxylic acids is 1. The molecule has 77 heavy (non-hydrogen) atoms. The van der Waals surface area contributed by atoms with Crippen molar-refractivity contribution in [2.24, 2.45) is 0 Å². The molecule has 0 aliphatic heterocycles. The van der Waals surface area contributed by atoms with Crippen LogP contribution in [0, 0.1) is 0 Å². The number of aliphatic hydroxyl groups excluding tert-OH is 3. The van der Waals surface area contributed by atoms with Crippen LogP contribution in [0.2, 0.25) is 0 Å². The molecule has 0 saturated carbocycles. The van der Waals surface area contributed by atoms with Gasteiger partial charge >= 0.3 is 5.97 Å². The lowest BCUT2D eigenvalue weighted by Crippen LogP contribution is -2.46. The molecule has 0 amide bonds. The Bertz CT molecular complexity index is 3050. The number of likely N-dealkylation sites (N-methyl/N-ethyl adjacent to an activating group) is 2. The van der Waals surface area contributed by atoms with E-state index in [2.05, 4.69) is 112 Å². The van der Waals surface area contributed by atoms with Crippen molar-refractivity contribution in [1.82, 2.24) is 19.8 Å². The van der Waals surface area contributed by atoms with Gasteiger partial charge in [-0.05, 0) is 165 Å². The van der Waals surface area contributed by atoms with Gasteiger partial charge in [-0.15, -0.1) is 0 Å². The molecule has 7 rings (SSSR count). The number of anilines is 1. The van der Waals surface area contributed by atoms with Crippen molar-refractivity contribution in [2.75, 3.05) is 59.7 Å². The number of aldehydes is 1. The zero-order chi connectivity index (χ0) is 56.1. The molecule has 0 heterocycles. The first-order valence-corrected chi connectivity index (χ1v) is 26.7. The molecule has 7 aromatic carbocycles. The third-order valence-corrected chi connectivity index (χ3v) is 13.8. The molecule has 0 aromatic heterocycles. The highest BCUT2D eigenvalue weighted by atomic mass is 32.2. The number of nitrogens with zero attached hydrogens (tertiary/aromatic N) is 2. The fraction of sp³-hybridized carbons (Fsp3) is 0.292. The van der Waals surface area contributed by atoms with Crippen LogP contribution in [0.25, 0.3) is 45.2 Å². The largest absolute Gasteiger partial charge is 0.478 e. The normalized spacial score (nSPS) is 12.3. The molecule has 2 atom stereocenters. The molecule has 0 aliphatic rings. The Hall–Kier alpha value is -6.71. The Kier molecular flexibility index (Phi) is 23.6. The first kappa shape index (κ1) is 61.1. The summed E-state index contributed by atoms with van der Waals surface area (Å²) in [5.74, 6) is -1.01. The Morgan fingerprint density at radius 2 is 1.23 bits per heavy atom. The molecule has 8 N–H and O–H groups in total. The van der Waals surface area contributed by atoms with Gasteiger partial charge in [0.1, 0.15) is 0 Å². The predicted octanol–water partition coefficient (Wildman–Crippen LogP) is 11.2. The second-order valence-electron chi connectivity index (χ2n) is 20.9. The Labute approximate surface area is 461 Å². The van der Waals surface area contributed by atoms with E-state index in [1.165, 1.54) is 39.9 Å². The molecule has 0 bridgehead atoms. The first-order valence-electron chi connectivity index (χ1n) is 25.9. The number of β-amino-alcohol motifs (C(OH)–C–C–N with tert-alkyl or cyclic N) is 2. The van der Waals surface area contributed by atoms with Gasteiger partial charge in [0, 0.05) is 60.0 Å². The molecule has 2 unspecified atom stereocenters. The minimum atomic E-state index is -1.01. The van der Waals surface area contributed by atoms with Crippen LogP contribution in [-0.2, 0) is 19.3 Å². The minimum absolute atomic E-state index is 0.0819. The van der Waals surface area contributed by atoms with Crippen LogP contribution in [0.4, 0.5) is 5.69 Å². The highest BCUT2D eigenvalue weighted by Crippen LogP contribution is 2.34. The van der Waals surface area contributed by atoms with Gasteiger partial charge in [-0.25, -0.2) is 9.10 Å². The van der Waals surface area contributed by atoms with E-state index in [9.17, 15) is 24.9 Å². The maximum atomic E-state index is 11.5. The molecule has 0 spiro atoms. The fourth-order valence-electron chi connectivity index (χ4n) is 9.03. The summed E-state index contributed by atoms with van der Waals surface area (Å²) < 4.78 is 1.99. The number of carboxylic acid groups (broad SMARTS) is 1. The van der Waals surface area contributed by atoms with Crippen LogP contribution in [0.5, 0.6) is 0 Å². The molecular weight excluding hydrogens is 979 g/mol. The second kappa shape index (κ2) is 29.7. The summed E-state index contributed by atoms with van der Waals surface area (Å²) in [4.78, 5) is 25.4. The van der Waals surface area contributed by atoms with Gasteiger partial charge in [0.2, 0.25) is 0 Å². The Morgan fingerprint density at radius 3 is 1.87 bits per heavy atom. The summed E-state index contributed by atoms with van der Waals surface area (Å²) in [6, 6.07) is 49.4. The quantitative estimate of drug-likeness (QED) is 0.0174. The molecule has 11 nitrogen and oxygen atoms in total. The van der Waals surface area contributed by atoms with Crippen molar-refractivity contribution < 1.29 is 30.0 Å². The van der Waals surface area contributed by atoms with Crippen LogP contribution in [-0.4, -0.2) is 119 Å². The Balaban J connectivity index is 0.000000236. The van der Waals surface area contributed by atoms with E-state index in [-0.39, 0.29) is 29.4 Å². The average molecular weight is 1060 g/mol. The van der Waals surface area contributed by atoms with Gasteiger partial charge in [0.05, 0.1) is 17.8 Å². The van der Waals surface area contributed by atoms with Crippen molar-refractivity contribution >= 4 is 52.8 Å². The van der Waals surface area contributed by atoms with Gasteiger partial charge in [-0.2, -0.15) is 0 Å². The van der Waals surface area contributed by atoms with Gasteiger partial charge < -0.3 is 41.7 Å². The average Bonchev–Trinajstić information content (AvgIpc) is 3.40. The van der Waals surface area contributed by atoms with E-state index < -0.39 is 12.1 Å². The lowest BCUT2D eigenvalue weighted by atomic mass is 9.92. The standard InChI is InChI=1S/C31H35N3O3S.C19H30N2O.C15H14O2/c1-31(2,18-21-12-13-22-8-4-5-9-23(22)14-21)33-19-27(35)20-34(3)38-29-11-7-6-10-28(29)24-15-25(30(36)37)17-26(32)16-24;1-7-16-10-9-15(11-17(16)8-2)12-19(3,4)20-13-18(22)14-21(5)6;16-9-8-12-4-3-6-13(10-12)15-7-2-1-5-14(15)11-17/h4-17,27,33,35H,18-20,32H2,1-3H3,(H,36,37);7-11,18,20,22H,1-2,12-14H2,3-6H3;1-7,10-11,16H,8-9H2. The van der Waals surface area contributed by atoms with E-state index >= 15 is 0 Å². The van der Waals surface area contributed by atoms with Crippen molar-refractivity contribution in [3.63, 3.8) is 0 Å². The summed E-state index contributed by atoms with van der Waals surface area (Å²) in [7, 11) is 5.87. The number of aromatic carboxylic acids is 1.